The summed E-state index contributed by atoms with van der Waals surface area (Å²) in [4.78, 5) is 20.2. The van der Waals surface area contributed by atoms with Gasteiger partial charge >= 0.3 is 18.4 Å². The van der Waals surface area contributed by atoms with Crippen LogP contribution in [0.2, 0.25) is 5.02 Å². The summed E-state index contributed by atoms with van der Waals surface area (Å²) in [7, 11) is 0. The largest absolute Gasteiger partial charge is 0.444 e. The van der Waals surface area contributed by atoms with Crippen LogP contribution in [0.4, 0.5) is 42.6 Å². The molecule has 1 atom stereocenters. The first-order valence-corrected chi connectivity index (χ1v) is 13.0. The average molecular weight is 608 g/mol. The molecule has 0 aliphatic carbocycles. The van der Waals surface area contributed by atoms with Gasteiger partial charge in [0, 0.05) is 38.8 Å². The van der Waals surface area contributed by atoms with Crippen molar-refractivity contribution < 1.29 is 41.0 Å². The molecule has 0 radical (unpaired) electrons. The van der Waals surface area contributed by atoms with Gasteiger partial charge in [-0.2, -0.15) is 31.4 Å². The van der Waals surface area contributed by atoms with Gasteiger partial charge in [0.1, 0.15) is 11.4 Å². The van der Waals surface area contributed by atoms with Gasteiger partial charge in [-0.15, -0.1) is 0 Å². The third-order valence-electron chi connectivity index (χ3n) is 6.66. The molecule has 1 unspecified atom stereocenters. The second kappa shape index (κ2) is 10.9. The van der Waals surface area contributed by atoms with Gasteiger partial charge in [-0.3, -0.25) is 5.01 Å². The van der Waals surface area contributed by atoms with Crippen LogP contribution in [0, 0.1) is 0 Å². The Morgan fingerprint density at radius 1 is 0.976 bits per heavy atom. The van der Waals surface area contributed by atoms with Crippen molar-refractivity contribution in [3.8, 4) is 0 Å². The van der Waals surface area contributed by atoms with E-state index in [4.69, 9.17) is 16.3 Å². The molecule has 1 aromatic carbocycles. The smallest absolute Gasteiger partial charge is 0.431 e. The number of hydrogen-bond donors (Lipinski definition) is 1. The van der Waals surface area contributed by atoms with Crippen LogP contribution < -0.4 is 9.91 Å². The van der Waals surface area contributed by atoms with E-state index in [0.717, 1.165) is 5.01 Å². The number of aliphatic hydroxyl groups is 1. The number of carbonyl (C=O) groups excluding carboxylic acids is 1. The predicted molar refractivity (Wildman–Crippen MR) is 140 cm³/mol. The topological polar surface area (TPSA) is 81.5 Å². The van der Waals surface area contributed by atoms with Gasteiger partial charge in [0.05, 0.1) is 22.5 Å². The van der Waals surface area contributed by atoms with Gasteiger partial charge in [0.25, 0.3) is 5.60 Å². The van der Waals surface area contributed by atoms with E-state index >= 15 is 0 Å². The van der Waals surface area contributed by atoms with Gasteiger partial charge in [0.2, 0.25) is 0 Å². The molecule has 3 heterocycles. The molecular formula is C26H28ClF6N5O3. The summed E-state index contributed by atoms with van der Waals surface area (Å²) in [6, 6.07) is 7.79. The lowest BCUT2D eigenvalue weighted by Crippen LogP contribution is -2.62. The molecule has 224 valence electrons. The second-order valence-electron chi connectivity index (χ2n) is 10.7. The molecule has 2 aliphatic rings. The summed E-state index contributed by atoms with van der Waals surface area (Å²) in [6.45, 7) is 6.90. The summed E-state index contributed by atoms with van der Waals surface area (Å²) >= 11 is 6.22. The molecule has 0 saturated carbocycles. The van der Waals surface area contributed by atoms with Gasteiger partial charge in [0.15, 0.2) is 0 Å². The van der Waals surface area contributed by atoms with Crippen molar-refractivity contribution in [3.05, 3.63) is 53.2 Å². The molecule has 1 amide bonds. The average Bonchev–Trinajstić information content (AvgIpc) is 3.32. The maximum absolute atomic E-state index is 13.7. The van der Waals surface area contributed by atoms with E-state index in [0.29, 0.717) is 32.0 Å². The van der Waals surface area contributed by atoms with E-state index in [1.54, 1.807) is 37.8 Å². The van der Waals surface area contributed by atoms with Crippen molar-refractivity contribution in [1.29, 1.82) is 0 Å². The molecule has 4 rings (SSSR count). The van der Waals surface area contributed by atoms with E-state index in [1.807, 2.05) is 4.90 Å². The van der Waals surface area contributed by atoms with Crippen LogP contribution in [0.25, 0.3) is 0 Å². The van der Waals surface area contributed by atoms with Crippen LogP contribution in [0.15, 0.2) is 47.7 Å². The normalized spacial score (nSPS) is 19.0. The van der Waals surface area contributed by atoms with Crippen LogP contribution in [0.1, 0.15) is 38.8 Å². The molecule has 0 spiro atoms. The van der Waals surface area contributed by atoms with Crippen LogP contribution in [-0.4, -0.2) is 76.5 Å². The highest BCUT2D eigenvalue weighted by molar-refractivity contribution is 6.33. The number of anilines is 2. The maximum atomic E-state index is 13.7. The molecule has 15 heteroatoms. The Labute approximate surface area is 237 Å². The van der Waals surface area contributed by atoms with E-state index in [-0.39, 0.29) is 16.3 Å². The number of piperazine rings is 1. The van der Waals surface area contributed by atoms with Gasteiger partial charge in [-0.1, -0.05) is 29.8 Å². The Morgan fingerprint density at radius 3 is 2.10 bits per heavy atom. The number of nitrogens with zero attached hydrogens (tertiary/aromatic N) is 5. The highest BCUT2D eigenvalue weighted by Crippen LogP contribution is 2.49. The van der Waals surface area contributed by atoms with Crippen LogP contribution in [0.3, 0.4) is 0 Å². The number of para-hydroxylation sites is 1. The van der Waals surface area contributed by atoms with E-state index in [1.165, 1.54) is 30.5 Å². The standard InChI is InChI=1S/C26H28ClF6N5O3/c1-23(2,3)41-22(39)37-12-10-36(11-13-37)21-9-8-16(15-34-21)19-14-20(24(40,25(28,29)30)26(31,32)33)35-38(19)18-7-5-4-6-17(18)27/h4-9,15,19,40H,10-14H2,1-3H3. The van der Waals surface area contributed by atoms with Crippen molar-refractivity contribution in [2.24, 2.45) is 5.10 Å². The summed E-state index contributed by atoms with van der Waals surface area (Å²) in [5.74, 6) is 0.503. The highest BCUT2D eigenvalue weighted by atomic mass is 35.5. The fourth-order valence-electron chi connectivity index (χ4n) is 4.56. The highest BCUT2D eigenvalue weighted by Gasteiger charge is 2.74. The summed E-state index contributed by atoms with van der Waals surface area (Å²) in [6.07, 6.45) is -12.1. The van der Waals surface area contributed by atoms with Gasteiger partial charge in [-0.05, 0) is 44.5 Å². The number of alkyl halides is 6. The van der Waals surface area contributed by atoms with Crippen molar-refractivity contribution >= 4 is 34.9 Å². The minimum Gasteiger partial charge on any atom is -0.444 e. The minimum atomic E-state index is -6.07. The Kier molecular flexibility index (Phi) is 8.13. The Morgan fingerprint density at radius 2 is 1.59 bits per heavy atom. The molecule has 1 aromatic heterocycles. The fraction of sp³-hybridized carbons (Fsp3) is 0.500. The molecule has 1 fully saturated rings. The number of aromatic nitrogens is 1. The van der Waals surface area contributed by atoms with Crippen LogP contribution >= 0.6 is 11.6 Å². The van der Waals surface area contributed by atoms with Crippen molar-refractivity contribution in [2.45, 2.75) is 56.8 Å². The molecule has 8 nitrogen and oxygen atoms in total. The monoisotopic (exact) mass is 607 g/mol. The summed E-state index contributed by atoms with van der Waals surface area (Å²) in [5.41, 5.74) is -6.99. The zero-order chi connectivity index (χ0) is 30.4. The fourth-order valence-corrected chi connectivity index (χ4v) is 4.79. The van der Waals surface area contributed by atoms with Gasteiger partial charge < -0.3 is 19.6 Å². The Bertz CT molecular complexity index is 1270. The molecule has 41 heavy (non-hydrogen) atoms. The van der Waals surface area contributed by atoms with E-state index in [2.05, 4.69) is 10.1 Å². The zero-order valence-corrected chi connectivity index (χ0v) is 23.1. The third kappa shape index (κ3) is 6.17. The second-order valence-corrected chi connectivity index (χ2v) is 11.1. The van der Waals surface area contributed by atoms with Crippen molar-refractivity contribution in [3.63, 3.8) is 0 Å². The molecule has 1 N–H and O–H groups in total. The third-order valence-corrected chi connectivity index (χ3v) is 6.98. The lowest BCUT2D eigenvalue weighted by Gasteiger charge is -2.36. The molecule has 0 bridgehead atoms. The zero-order valence-electron chi connectivity index (χ0n) is 22.3. The molecule has 2 aliphatic heterocycles. The van der Waals surface area contributed by atoms with Crippen LogP contribution in [-0.2, 0) is 4.74 Å². The number of carbonyl (C=O) groups is 1. The minimum absolute atomic E-state index is 0.0393. The SMILES string of the molecule is CC(C)(C)OC(=O)N1CCN(c2ccc(C3CC(C(O)(C(F)(F)F)C(F)(F)F)=NN3c3ccccc3Cl)cn2)CC1. The first-order chi connectivity index (χ1) is 18.9. The van der Waals surface area contributed by atoms with Gasteiger partial charge in [-0.25, -0.2) is 9.78 Å². The number of hydrazone groups is 1. The summed E-state index contributed by atoms with van der Waals surface area (Å²) in [5, 5.41) is 14.6. The number of benzene rings is 1. The predicted octanol–water partition coefficient (Wildman–Crippen LogP) is 5.96. The molecule has 1 saturated heterocycles. The number of pyridine rings is 1. The summed E-state index contributed by atoms with van der Waals surface area (Å²) < 4.78 is 87.4. The van der Waals surface area contributed by atoms with E-state index < -0.39 is 47.8 Å². The molecular weight excluding hydrogens is 580 g/mol. The number of halogens is 7. The Hall–Kier alpha value is -3.26. The first-order valence-electron chi connectivity index (χ1n) is 12.6. The van der Waals surface area contributed by atoms with Crippen molar-refractivity contribution in [1.82, 2.24) is 9.88 Å². The first kappa shape index (κ1) is 30.7. The quantitative estimate of drug-likeness (QED) is 0.433. The maximum Gasteiger partial charge on any atom is 0.431 e. The number of ether oxygens (including phenoxy) is 1. The number of rotatable bonds is 4. The van der Waals surface area contributed by atoms with Crippen molar-refractivity contribution in [2.75, 3.05) is 36.1 Å². The number of hydrogen-bond acceptors (Lipinski definition) is 7. The molecule has 2 aromatic rings. The Balaban J connectivity index is 1.58. The van der Waals surface area contributed by atoms with Crippen LogP contribution in [0.5, 0.6) is 0 Å². The number of amides is 1. The lowest BCUT2D eigenvalue weighted by molar-refractivity contribution is -0.338. The van der Waals surface area contributed by atoms with E-state index in [9.17, 15) is 36.2 Å². The lowest BCUT2D eigenvalue weighted by atomic mass is 9.90.